The van der Waals surface area contributed by atoms with E-state index in [4.69, 9.17) is 0 Å². The fourth-order valence-electron chi connectivity index (χ4n) is 3.18. The minimum atomic E-state index is -4.88. The maximum Gasteiger partial charge on any atom is 0.421 e. The third-order valence-electron chi connectivity index (χ3n) is 5.00. The van der Waals surface area contributed by atoms with Crippen LogP contribution in [0.1, 0.15) is 18.9 Å². The van der Waals surface area contributed by atoms with Gasteiger partial charge in [0.1, 0.15) is 11.3 Å². The van der Waals surface area contributed by atoms with Gasteiger partial charge in [-0.2, -0.15) is 13.2 Å². The molecule has 0 bridgehead atoms. The van der Waals surface area contributed by atoms with Crippen LogP contribution in [-0.4, -0.2) is 49.8 Å². The molecule has 3 aromatic heterocycles. The number of hydrogen-bond donors (Lipinski definition) is 3. The fraction of sp³-hybridized carbons (Fsp3) is 0.389. The Labute approximate surface area is 162 Å². The molecule has 7 nitrogen and oxygen atoms in total. The molecule has 2 unspecified atom stereocenters. The molecular formula is C18H18F4N6O. The van der Waals surface area contributed by atoms with Crippen molar-refractivity contribution in [2.24, 2.45) is 0 Å². The Morgan fingerprint density at radius 2 is 2.03 bits per heavy atom. The third kappa shape index (κ3) is 3.51. The molecule has 1 fully saturated rings. The zero-order valence-electron chi connectivity index (χ0n) is 15.3. The van der Waals surface area contributed by atoms with Crippen molar-refractivity contribution in [1.29, 1.82) is 0 Å². The lowest BCUT2D eigenvalue weighted by Crippen LogP contribution is -2.39. The van der Waals surface area contributed by atoms with Gasteiger partial charge in [-0.05, 0) is 26.0 Å². The number of rotatable bonds is 4. The second-order valence-electron chi connectivity index (χ2n) is 7.08. The summed E-state index contributed by atoms with van der Waals surface area (Å²) < 4.78 is 55.4. The van der Waals surface area contributed by atoms with E-state index in [9.17, 15) is 22.7 Å². The van der Waals surface area contributed by atoms with Crippen LogP contribution in [-0.2, 0) is 5.60 Å². The van der Waals surface area contributed by atoms with Gasteiger partial charge in [0.25, 0.3) is 0 Å². The van der Waals surface area contributed by atoms with Crippen molar-refractivity contribution in [1.82, 2.24) is 24.7 Å². The first kappa shape index (κ1) is 19.5. The highest BCUT2D eigenvalue weighted by Gasteiger charge is 2.51. The van der Waals surface area contributed by atoms with Gasteiger partial charge in [0, 0.05) is 24.3 Å². The summed E-state index contributed by atoms with van der Waals surface area (Å²) in [4.78, 5) is 12.2. The van der Waals surface area contributed by atoms with Crippen LogP contribution in [0, 0.1) is 5.82 Å². The molecule has 29 heavy (non-hydrogen) atoms. The van der Waals surface area contributed by atoms with Gasteiger partial charge in [-0.1, -0.05) is 6.07 Å². The largest absolute Gasteiger partial charge is 0.421 e. The molecule has 1 saturated heterocycles. The van der Waals surface area contributed by atoms with Crippen molar-refractivity contribution >= 4 is 11.6 Å². The molecular weight excluding hydrogens is 392 g/mol. The van der Waals surface area contributed by atoms with Gasteiger partial charge >= 0.3 is 6.18 Å². The first-order chi connectivity index (χ1) is 13.7. The molecule has 154 valence electrons. The second-order valence-corrected chi connectivity index (χ2v) is 7.08. The zero-order valence-corrected chi connectivity index (χ0v) is 15.3. The van der Waals surface area contributed by atoms with Crippen LogP contribution in [0.3, 0.4) is 0 Å². The van der Waals surface area contributed by atoms with Crippen LogP contribution < -0.4 is 10.6 Å². The van der Waals surface area contributed by atoms with E-state index in [0.717, 1.165) is 38.0 Å². The summed E-state index contributed by atoms with van der Waals surface area (Å²) in [5.74, 6) is -0.529. The van der Waals surface area contributed by atoms with Crippen LogP contribution in [0.25, 0.3) is 17.0 Å². The van der Waals surface area contributed by atoms with Gasteiger partial charge in [-0.15, -0.1) is 0 Å². The van der Waals surface area contributed by atoms with E-state index in [2.05, 4.69) is 25.6 Å². The summed E-state index contributed by atoms with van der Waals surface area (Å²) in [5, 5.41) is 16.2. The minimum absolute atomic E-state index is 0.101. The maximum atomic E-state index is 14.5. The monoisotopic (exact) mass is 410 g/mol. The van der Waals surface area contributed by atoms with Gasteiger partial charge in [0.15, 0.2) is 11.4 Å². The van der Waals surface area contributed by atoms with E-state index in [1.165, 1.54) is 16.7 Å². The summed E-state index contributed by atoms with van der Waals surface area (Å²) in [5.41, 5.74) is -3.15. The molecule has 0 radical (unpaired) electrons. The number of aliphatic hydroxyl groups is 1. The molecule has 11 heteroatoms. The molecule has 1 aliphatic heterocycles. The van der Waals surface area contributed by atoms with Crippen LogP contribution in [0.15, 0.2) is 30.7 Å². The quantitative estimate of drug-likeness (QED) is 0.573. The summed E-state index contributed by atoms with van der Waals surface area (Å²) in [6.45, 7) is 2.23. The number of aromatic nitrogens is 4. The van der Waals surface area contributed by atoms with Gasteiger partial charge in [0.2, 0.25) is 5.95 Å². The van der Waals surface area contributed by atoms with Crippen LogP contribution >= 0.6 is 0 Å². The smallest absolute Gasteiger partial charge is 0.376 e. The molecule has 0 amide bonds. The van der Waals surface area contributed by atoms with Gasteiger partial charge in [-0.3, -0.25) is 4.40 Å². The van der Waals surface area contributed by atoms with Crippen LogP contribution in [0.2, 0.25) is 0 Å². The van der Waals surface area contributed by atoms with Crippen molar-refractivity contribution in [3.63, 3.8) is 0 Å². The first-order valence-corrected chi connectivity index (χ1v) is 8.93. The molecule has 3 aromatic rings. The molecule has 3 N–H and O–H groups in total. The molecule has 4 rings (SSSR count). The summed E-state index contributed by atoms with van der Waals surface area (Å²) >= 11 is 0. The van der Waals surface area contributed by atoms with Crippen molar-refractivity contribution < 1.29 is 22.7 Å². The van der Waals surface area contributed by atoms with Crippen LogP contribution in [0.5, 0.6) is 0 Å². The molecule has 4 heterocycles. The molecule has 1 aliphatic rings. The van der Waals surface area contributed by atoms with E-state index in [1.807, 2.05) is 0 Å². The van der Waals surface area contributed by atoms with Gasteiger partial charge < -0.3 is 15.7 Å². The summed E-state index contributed by atoms with van der Waals surface area (Å²) in [6.07, 6.45) is -0.619. The lowest BCUT2D eigenvalue weighted by molar-refractivity contribution is -0.259. The molecule has 2 atom stereocenters. The maximum absolute atomic E-state index is 14.5. The number of alkyl halides is 3. The third-order valence-corrected chi connectivity index (χ3v) is 5.00. The van der Waals surface area contributed by atoms with Crippen molar-refractivity contribution in [3.05, 3.63) is 42.1 Å². The lowest BCUT2D eigenvalue weighted by Gasteiger charge is -2.26. The SMILES string of the molecule is CC(O)(c1ccc2ncc(-c3nc(NC4CCNC4)ncc3F)n2c1)C(F)(F)F. The topological polar surface area (TPSA) is 87.4 Å². The van der Waals surface area contributed by atoms with Crippen molar-refractivity contribution in [2.75, 3.05) is 18.4 Å². The molecule has 0 aliphatic carbocycles. The highest BCUT2D eigenvalue weighted by molar-refractivity contribution is 5.62. The highest BCUT2D eigenvalue weighted by atomic mass is 19.4. The molecule has 0 saturated carbocycles. The molecule has 0 aromatic carbocycles. The number of nitrogens with zero attached hydrogens (tertiary/aromatic N) is 4. The normalized spacial score (nSPS) is 19.4. The fourth-order valence-corrected chi connectivity index (χ4v) is 3.18. The number of imidazole rings is 1. The zero-order chi connectivity index (χ0) is 20.8. The van der Waals surface area contributed by atoms with Crippen molar-refractivity contribution in [2.45, 2.75) is 31.2 Å². The predicted molar refractivity (Wildman–Crippen MR) is 96.7 cm³/mol. The second kappa shape index (κ2) is 6.92. The standard InChI is InChI=1S/C18H18F4N6O/c1-17(29,18(20,21)22)10-2-3-14-24-8-13(28(14)9-10)15-12(19)7-25-16(27-15)26-11-4-5-23-6-11/h2-3,7-9,11,23,29H,4-6H2,1H3,(H,25,26,27). The van der Waals surface area contributed by atoms with E-state index >= 15 is 0 Å². The Morgan fingerprint density at radius 1 is 1.24 bits per heavy atom. The van der Waals surface area contributed by atoms with E-state index < -0.39 is 23.2 Å². The van der Waals surface area contributed by atoms with Gasteiger partial charge in [0.05, 0.1) is 18.1 Å². The Morgan fingerprint density at radius 3 is 2.72 bits per heavy atom. The number of halogens is 4. The first-order valence-electron chi connectivity index (χ1n) is 8.93. The Hall–Kier alpha value is -2.79. The highest BCUT2D eigenvalue weighted by Crippen LogP contribution is 2.38. The number of nitrogens with one attached hydrogen (secondary N) is 2. The van der Waals surface area contributed by atoms with E-state index in [-0.39, 0.29) is 29.0 Å². The summed E-state index contributed by atoms with van der Waals surface area (Å²) in [6, 6.07) is 2.56. The lowest BCUT2D eigenvalue weighted by atomic mass is 9.97. The number of hydrogen-bond acceptors (Lipinski definition) is 6. The Bertz CT molecular complexity index is 1040. The summed E-state index contributed by atoms with van der Waals surface area (Å²) in [7, 11) is 0. The Balaban J connectivity index is 1.77. The number of pyridine rings is 1. The number of anilines is 1. The van der Waals surface area contributed by atoms with E-state index in [1.54, 1.807) is 0 Å². The number of fused-ring (bicyclic) bond motifs is 1. The molecule has 0 spiro atoms. The van der Waals surface area contributed by atoms with Gasteiger partial charge in [-0.25, -0.2) is 19.3 Å². The van der Waals surface area contributed by atoms with Crippen molar-refractivity contribution in [3.8, 4) is 11.4 Å². The average molecular weight is 410 g/mol. The minimum Gasteiger partial charge on any atom is -0.376 e. The predicted octanol–water partition coefficient (Wildman–Crippen LogP) is 2.47. The van der Waals surface area contributed by atoms with E-state index in [0.29, 0.717) is 6.92 Å². The Kier molecular flexibility index (Phi) is 4.66. The van der Waals surface area contributed by atoms with Crippen LogP contribution in [0.4, 0.5) is 23.5 Å². The average Bonchev–Trinajstić information content (AvgIpc) is 3.31.